The van der Waals surface area contributed by atoms with Gasteiger partial charge in [-0.05, 0) is 31.5 Å². The predicted octanol–water partition coefficient (Wildman–Crippen LogP) is 2.40. The molecule has 0 unspecified atom stereocenters. The van der Waals surface area contributed by atoms with Crippen LogP contribution in [-0.2, 0) is 14.3 Å². The molecule has 0 fully saturated rings. The number of esters is 1. The summed E-state index contributed by atoms with van der Waals surface area (Å²) in [6.45, 7) is 2.77. The Morgan fingerprint density at radius 1 is 1.17 bits per heavy atom. The summed E-state index contributed by atoms with van der Waals surface area (Å²) in [6, 6.07) is 3.52. The van der Waals surface area contributed by atoms with Gasteiger partial charge in [-0.2, -0.15) is 0 Å². The maximum atomic E-state index is 11.8. The lowest BCUT2D eigenvalue weighted by Crippen LogP contribution is -2.41. The van der Waals surface area contributed by atoms with Crippen LogP contribution in [0.1, 0.15) is 23.7 Å². The van der Waals surface area contributed by atoms with Crippen LogP contribution in [0.4, 0.5) is 4.79 Å². The highest BCUT2D eigenvalue weighted by Gasteiger charge is 2.13. The van der Waals surface area contributed by atoms with Crippen molar-refractivity contribution >= 4 is 41.1 Å². The number of rotatable bonds is 8. The predicted molar refractivity (Wildman–Crippen MR) is 89.4 cm³/mol. The molecule has 1 rings (SSSR count). The highest BCUT2D eigenvalue weighted by molar-refractivity contribution is 6.42. The van der Waals surface area contributed by atoms with E-state index in [0.717, 1.165) is 0 Å². The summed E-state index contributed by atoms with van der Waals surface area (Å²) in [5, 5.41) is 5.02. The number of halogens is 2. The highest BCUT2D eigenvalue weighted by atomic mass is 35.5. The van der Waals surface area contributed by atoms with Crippen LogP contribution in [0.5, 0.6) is 0 Å². The van der Waals surface area contributed by atoms with Crippen LogP contribution in [0.15, 0.2) is 18.2 Å². The van der Waals surface area contributed by atoms with Crippen molar-refractivity contribution in [2.24, 2.45) is 0 Å². The number of benzene rings is 1. The lowest BCUT2D eigenvalue weighted by atomic mass is 10.2. The van der Waals surface area contributed by atoms with Crippen LogP contribution >= 0.6 is 23.2 Å². The zero-order valence-electron chi connectivity index (χ0n) is 13.1. The highest BCUT2D eigenvalue weighted by Crippen LogP contribution is 2.22. The average Bonchev–Trinajstić information content (AvgIpc) is 2.55. The van der Waals surface area contributed by atoms with Crippen LogP contribution in [0, 0.1) is 0 Å². The molecule has 1 aromatic carbocycles. The first-order chi connectivity index (χ1) is 11.4. The van der Waals surface area contributed by atoms with Gasteiger partial charge in [0.05, 0.1) is 15.6 Å². The molecule has 132 valence electrons. The molecule has 9 heteroatoms. The standard InChI is InChI=1S/C15H18Cl2N2O5/c1-2-23-7-3-6-18-15(22)19-13(20)9-24-14(21)10-4-5-11(16)12(17)8-10/h4-5,8H,2-3,6-7,9H2,1H3,(H2,18,19,20,22). The first kappa shape index (κ1) is 20.2. The average molecular weight is 377 g/mol. The second kappa shape index (κ2) is 10.9. The van der Waals surface area contributed by atoms with Crippen LogP contribution in [0.25, 0.3) is 0 Å². The third-order valence-corrected chi connectivity index (χ3v) is 3.44. The van der Waals surface area contributed by atoms with Crippen molar-refractivity contribution < 1.29 is 23.9 Å². The lowest BCUT2D eigenvalue weighted by molar-refractivity contribution is -0.123. The number of hydrogen-bond donors (Lipinski definition) is 2. The van der Waals surface area contributed by atoms with Crippen molar-refractivity contribution in [2.45, 2.75) is 13.3 Å². The van der Waals surface area contributed by atoms with Crippen molar-refractivity contribution in [3.63, 3.8) is 0 Å². The van der Waals surface area contributed by atoms with E-state index in [4.69, 9.17) is 32.7 Å². The van der Waals surface area contributed by atoms with Crippen molar-refractivity contribution in [3.05, 3.63) is 33.8 Å². The number of ether oxygens (including phenoxy) is 2. The van der Waals surface area contributed by atoms with Gasteiger partial charge < -0.3 is 14.8 Å². The van der Waals surface area contributed by atoms with E-state index >= 15 is 0 Å². The molecular weight excluding hydrogens is 359 g/mol. The van der Waals surface area contributed by atoms with Crippen molar-refractivity contribution in [1.82, 2.24) is 10.6 Å². The van der Waals surface area contributed by atoms with Gasteiger partial charge in [0.1, 0.15) is 0 Å². The zero-order chi connectivity index (χ0) is 17.9. The molecule has 0 aromatic heterocycles. The monoisotopic (exact) mass is 376 g/mol. The summed E-state index contributed by atoms with van der Waals surface area (Å²) >= 11 is 11.5. The van der Waals surface area contributed by atoms with E-state index in [1.165, 1.54) is 18.2 Å². The second-order valence-electron chi connectivity index (χ2n) is 4.56. The Labute approximate surface area is 149 Å². The molecule has 0 aliphatic rings. The second-order valence-corrected chi connectivity index (χ2v) is 5.37. The summed E-state index contributed by atoms with van der Waals surface area (Å²) in [6.07, 6.45) is 0.627. The number of imide groups is 1. The molecule has 24 heavy (non-hydrogen) atoms. The number of amides is 3. The summed E-state index contributed by atoms with van der Waals surface area (Å²) in [7, 11) is 0. The zero-order valence-corrected chi connectivity index (χ0v) is 14.6. The van der Waals surface area contributed by atoms with Gasteiger partial charge in [-0.3, -0.25) is 10.1 Å². The van der Waals surface area contributed by atoms with Gasteiger partial charge in [0.25, 0.3) is 5.91 Å². The molecule has 2 N–H and O–H groups in total. The number of carbonyl (C=O) groups is 3. The van der Waals surface area contributed by atoms with E-state index in [1.807, 2.05) is 12.2 Å². The Bertz CT molecular complexity index is 595. The Morgan fingerprint density at radius 2 is 1.92 bits per heavy atom. The minimum atomic E-state index is -0.749. The molecule has 0 saturated heterocycles. The molecule has 1 aromatic rings. The molecule has 3 amide bonds. The van der Waals surface area contributed by atoms with E-state index in [-0.39, 0.29) is 10.6 Å². The van der Waals surface area contributed by atoms with Gasteiger partial charge >= 0.3 is 12.0 Å². The molecule has 0 aliphatic carbocycles. The van der Waals surface area contributed by atoms with E-state index < -0.39 is 24.5 Å². The summed E-state index contributed by atoms with van der Waals surface area (Å²) < 4.78 is 9.90. The van der Waals surface area contributed by atoms with Gasteiger partial charge in [0.15, 0.2) is 6.61 Å². The Kier molecular flexibility index (Phi) is 9.14. The van der Waals surface area contributed by atoms with Crippen LogP contribution < -0.4 is 10.6 Å². The maximum absolute atomic E-state index is 11.8. The summed E-state index contributed by atoms with van der Waals surface area (Å²) in [4.78, 5) is 34.7. The quantitative estimate of drug-likeness (QED) is 0.536. The van der Waals surface area contributed by atoms with Crippen LogP contribution in [0.2, 0.25) is 10.0 Å². The first-order valence-corrected chi connectivity index (χ1v) is 7.97. The van der Waals surface area contributed by atoms with E-state index in [0.29, 0.717) is 31.2 Å². The Balaban J connectivity index is 2.28. The van der Waals surface area contributed by atoms with E-state index in [2.05, 4.69) is 5.32 Å². The molecule has 0 atom stereocenters. The van der Waals surface area contributed by atoms with Gasteiger partial charge in [0.2, 0.25) is 0 Å². The minimum absolute atomic E-state index is 0.151. The normalized spacial score (nSPS) is 10.1. The van der Waals surface area contributed by atoms with E-state index in [1.54, 1.807) is 0 Å². The van der Waals surface area contributed by atoms with Crippen LogP contribution in [0.3, 0.4) is 0 Å². The molecular formula is C15H18Cl2N2O5. The number of urea groups is 1. The molecule has 7 nitrogen and oxygen atoms in total. The Hall–Kier alpha value is -1.83. The molecule has 0 saturated carbocycles. The smallest absolute Gasteiger partial charge is 0.338 e. The molecule has 0 heterocycles. The van der Waals surface area contributed by atoms with Crippen molar-refractivity contribution in [2.75, 3.05) is 26.4 Å². The third-order valence-electron chi connectivity index (χ3n) is 2.70. The number of nitrogens with one attached hydrogen (secondary N) is 2. The fourth-order valence-electron chi connectivity index (χ4n) is 1.56. The maximum Gasteiger partial charge on any atom is 0.338 e. The molecule has 0 radical (unpaired) electrons. The number of carbonyl (C=O) groups excluding carboxylic acids is 3. The first-order valence-electron chi connectivity index (χ1n) is 7.21. The largest absolute Gasteiger partial charge is 0.452 e. The SMILES string of the molecule is CCOCCCNC(=O)NC(=O)COC(=O)c1ccc(Cl)c(Cl)c1. The van der Waals surface area contributed by atoms with Gasteiger partial charge in [-0.1, -0.05) is 23.2 Å². The third kappa shape index (κ3) is 7.63. The fourth-order valence-corrected chi connectivity index (χ4v) is 1.86. The summed E-state index contributed by atoms with van der Waals surface area (Å²) in [5.74, 6) is -1.49. The fraction of sp³-hybridized carbons (Fsp3) is 0.400. The molecule has 0 bridgehead atoms. The Morgan fingerprint density at radius 3 is 2.58 bits per heavy atom. The van der Waals surface area contributed by atoms with E-state index in [9.17, 15) is 14.4 Å². The van der Waals surface area contributed by atoms with Crippen molar-refractivity contribution in [3.8, 4) is 0 Å². The van der Waals surface area contributed by atoms with Gasteiger partial charge in [-0.15, -0.1) is 0 Å². The van der Waals surface area contributed by atoms with Gasteiger partial charge in [0, 0.05) is 19.8 Å². The van der Waals surface area contributed by atoms with Crippen molar-refractivity contribution in [1.29, 1.82) is 0 Å². The minimum Gasteiger partial charge on any atom is -0.452 e. The topological polar surface area (TPSA) is 93.7 Å². The summed E-state index contributed by atoms with van der Waals surface area (Å²) in [5.41, 5.74) is 0.151. The van der Waals surface area contributed by atoms with Gasteiger partial charge in [-0.25, -0.2) is 9.59 Å². The molecule has 0 aliphatic heterocycles. The lowest BCUT2D eigenvalue weighted by Gasteiger charge is -2.08. The molecule has 0 spiro atoms. The number of hydrogen-bond acceptors (Lipinski definition) is 5. The van der Waals surface area contributed by atoms with Crippen LogP contribution in [-0.4, -0.2) is 44.3 Å².